The summed E-state index contributed by atoms with van der Waals surface area (Å²) in [6.45, 7) is 9.69. The first-order chi connectivity index (χ1) is 11.1. The number of nitrogens with zero attached hydrogens (tertiary/aromatic N) is 3. The van der Waals surface area contributed by atoms with Crippen LogP contribution in [0.3, 0.4) is 0 Å². The Morgan fingerprint density at radius 2 is 2.00 bits per heavy atom. The second-order valence-electron chi connectivity index (χ2n) is 6.12. The molecule has 23 heavy (non-hydrogen) atoms. The third kappa shape index (κ3) is 3.46. The molecule has 0 spiro atoms. The van der Waals surface area contributed by atoms with Crippen LogP contribution >= 0.6 is 11.3 Å². The van der Waals surface area contributed by atoms with Gasteiger partial charge in [-0.1, -0.05) is 6.07 Å². The zero-order valence-corrected chi connectivity index (χ0v) is 14.8. The van der Waals surface area contributed by atoms with Crippen molar-refractivity contribution in [1.29, 1.82) is 0 Å². The molecule has 1 aliphatic heterocycles. The number of pyridine rings is 1. The molecule has 2 aromatic rings. The van der Waals surface area contributed by atoms with Gasteiger partial charge in [-0.05, 0) is 38.5 Å². The summed E-state index contributed by atoms with van der Waals surface area (Å²) < 4.78 is 0. The molecule has 1 amide bonds. The van der Waals surface area contributed by atoms with Gasteiger partial charge in [0.15, 0.2) is 0 Å². The van der Waals surface area contributed by atoms with Crippen molar-refractivity contribution < 1.29 is 4.79 Å². The summed E-state index contributed by atoms with van der Waals surface area (Å²) in [4.78, 5) is 23.6. The largest absolute Gasteiger partial charge is 0.336 e. The lowest BCUT2D eigenvalue weighted by Crippen LogP contribution is -2.49. The van der Waals surface area contributed by atoms with Gasteiger partial charge in [0.1, 0.15) is 0 Å². The predicted octanol–water partition coefficient (Wildman–Crippen LogP) is 3.28. The quantitative estimate of drug-likeness (QED) is 0.867. The Labute approximate surface area is 141 Å². The molecule has 2 aromatic heterocycles. The topological polar surface area (TPSA) is 36.4 Å². The number of hydrogen-bond acceptors (Lipinski definition) is 4. The molecule has 1 aliphatic rings. The Morgan fingerprint density at radius 1 is 1.26 bits per heavy atom. The molecule has 0 unspecified atom stereocenters. The Kier molecular flexibility index (Phi) is 4.78. The van der Waals surface area contributed by atoms with E-state index in [1.54, 1.807) is 17.5 Å². The molecular weight excluding hydrogens is 306 g/mol. The highest BCUT2D eigenvalue weighted by Crippen LogP contribution is 2.24. The standard InChI is InChI=1S/C18H23N3OS/c1-13-11-17(15(3)23-13)18(22)21-9-7-20(8-10-21)14(2)16-5-4-6-19-12-16/h4-6,11-12,14H,7-10H2,1-3H3/t14-/m0/s1. The van der Waals surface area contributed by atoms with Crippen LogP contribution in [0.4, 0.5) is 0 Å². The third-order valence-electron chi connectivity index (χ3n) is 4.59. The van der Waals surface area contributed by atoms with Crippen LogP contribution in [-0.4, -0.2) is 46.9 Å². The van der Waals surface area contributed by atoms with Crippen LogP contribution in [0.5, 0.6) is 0 Å². The Bertz CT molecular complexity index is 675. The fourth-order valence-electron chi connectivity index (χ4n) is 3.16. The van der Waals surface area contributed by atoms with Crippen LogP contribution in [0.15, 0.2) is 30.6 Å². The summed E-state index contributed by atoms with van der Waals surface area (Å²) in [7, 11) is 0. The number of aryl methyl sites for hydroxylation is 2. The number of thiophene rings is 1. The van der Waals surface area contributed by atoms with E-state index in [2.05, 4.69) is 29.8 Å². The van der Waals surface area contributed by atoms with E-state index in [0.717, 1.165) is 36.6 Å². The molecule has 3 heterocycles. The normalized spacial score (nSPS) is 17.3. The van der Waals surface area contributed by atoms with Crippen molar-refractivity contribution in [2.75, 3.05) is 26.2 Å². The summed E-state index contributed by atoms with van der Waals surface area (Å²) in [5.41, 5.74) is 2.11. The van der Waals surface area contributed by atoms with E-state index in [1.807, 2.05) is 30.2 Å². The van der Waals surface area contributed by atoms with Crippen LogP contribution in [0, 0.1) is 13.8 Å². The molecule has 0 radical (unpaired) electrons. The molecule has 0 bridgehead atoms. The average molecular weight is 329 g/mol. The maximum atomic E-state index is 12.7. The van der Waals surface area contributed by atoms with Crippen LogP contribution in [-0.2, 0) is 0 Å². The SMILES string of the molecule is Cc1cc(C(=O)N2CCN([C@@H](C)c3cccnc3)CC2)c(C)s1. The van der Waals surface area contributed by atoms with E-state index >= 15 is 0 Å². The van der Waals surface area contributed by atoms with E-state index in [1.165, 1.54) is 10.4 Å². The Morgan fingerprint density at radius 3 is 2.57 bits per heavy atom. The highest BCUT2D eigenvalue weighted by atomic mass is 32.1. The van der Waals surface area contributed by atoms with Crippen LogP contribution in [0.2, 0.25) is 0 Å². The molecule has 1 atom stereocenters. The van der Waals surface area contributed by atoms with E-state index in [0.29, 0.717) is 6.04 Å². The first-order valence-electron chi connectivity index (χ1n) is 8.06. The number of aromatic nitrogens is 1. The number of carbonyl (C=O) groups excluding carboxylic acids is 1. The van der Waals surface area contributed by atoms with Crippen LogP contribution in [0.1, 0.15) is 38.6 Å². The fourth-order valence-corrected chi connectivity index (χ4v) is 4.08. The average Bonchev–Trinajstić information content (AvgIpc) is 2.93. The van der Waals surface area contributed by atoms with Gasteiger partial charge in [0.25, 0.3) is 5.91 Å². The summed E-state index contributed by atoms with van der Waals surface area (Å²) in [5.74, 6) is 0.181. The molecule has 0 saturated carbocycles. The second kappa shape index (κ2) is 6.81. The molecular formula is C18H23N3OS. The minimum Gasteiger partial charge on any atom is -0.336 e. The van der Waals surface area contributed by atoms with Gasteiger partial charge in [-0.3, -0.25) is 14.7 Å². The van der Waals surface area contributed by atoms with Gasteiger partial charge < -0.3 is 4.90 Å². The Balaban J connectivity index is 1.62. The van der Waals surface area contributed by atoms with Crippen molar-refractivity contribution in [2.24, 2.45) is 0 Å². The monoisotopic (exact) mass is 329 g/mol. The van der Waals surface area contributed by atoms with Gasteiger partial charge in [0, 0.05) is 54.4 Å². The van der Waals surface area contributed by atoms with Gasteiger partial charge >= 0.3 is 0 Å². The Hall–Kier alpha value is -1.72. The first kappa shape index (κ1) is 16.1. The van der Waals surface area contributed by atoms with E-state index in [-0.39, 0.29) is 5.91 Å². The van der Waals surface area contributed by atoms with E-state index in [4.69, 9.17) is 0 Å². The molecule has 0 aromatic carbocycles. The smallest absolute Gasteiger partial charge is 0.255 e. The lowest BCUT2D eigenvalue weighted by molar-refractivity contribution is 0.0581. The van der Waals surface area contributed by atoms with Crippen molar-refractivity contribution in [3.63, 3.8) is 0 Å². The number of hydrogen-bond donors (Lipinski definition) is 0. The van der Waals surface area contributed by atoms with Crippen molar-refractivity contribution in [3.05, 3.63) is 51.5 Å². The second-order valence-corrected chi connectivity index (χ2v) is 7.58. The van der Waals surface area contributed by atoms with Crippen molar-refractivity contribution in [1.82, 2.24) is 14.8 Å². The number of piperazine rings is 1. The molecule has 1 saturated heterocycles. The fraction of sp³-hybridized carbons (Fsp3) is 0.444. The van der Waals surface area contributed by atoms with Crippen LogP contribution < -0.4 is 0 Å². The summed E-state index contributed by atoms with van der Waals surface area (Å²) in [6, 6.07) is 6.46. The molecule has 3 rings (SSSR count). The number of rotatable bonds is 3. The molecule has 1 fully saturated rings. The van der Waals surface area contributed by atoms with Crippen molar-refractivity contribution >= 4 is 17.2 Å². The molecule has 5 heteroatoms. The van der Waals surface area contributed by atoms with E-state index in [9.17, 15) is 4.79 Å². The third-order valence-corrected chi connectivity index (χ3v) is 5.55. The number of carbonyl (C=O) groups is 1. The first-order valence-corrected chi connectivity index (χ1v) is 8.88. The van der Waals surface area contributed by atoms with Crippen LogP contribution in [0.25, 0.3) is 0 Å². The van der Waals surface area contributed by atoms with Gasteiger partial charge in [-0.25, -0.2) is 0 Å². The molecule has 122 valence electrons. The highest BCUT2D eigenvalue weighted by Gasteiger charge is 2.26. The summed E-state index contributed by atoms with van der Waals surface area (Å²) >= 11 is 1.70. The van der Waals surface area contributed by atoms with Gasteiger partial charge in [0.2, 0.25) is 0 Å². The number of amides is 1. The minimum atomic E-state index is 0.181. The lowest BCUT2D eigenvalue weighted by atomic mass is 10.1. The molecule has 0 N–H and O–H groups in total. The van der Waals surface area contributed by atoms with Gasteiger partial charge in [0.05, 0.1) is 5.56 Å². The van der Waals surface area contributed by atoms with Gasteiger partial charge in [-0.2, -0.15) is 0 Å². The predicted molar refractivity (Wildman–Crippen MR) is 93.9 cm³/mol. The van der Waals surface area contributed by atoms with Gasteiger partial charge in [-0.15, -0.1) is 11.3 Å². The zero-order valence-electron chi connectivity index (χ0n) is 14.0. The summed E-state index contributed by atoms with van der Waals surface area (Å²) in [6.07, 6.45) is 3.73. The maximum Gasteiger partial charge on any atom is 0.255 e. The minimum absolute atomic E-state index is 0.181. The highest BCUT2D eigenvalue weighted by molar-refractivity contribution is 7.12. The molecule has 0 aliphatic carbocycles. The van der Waals surface area contributed by atoms with Crippen molar-refractivity contribution in [3.8, 4) is 0 Å². The molecule has 4 nitrogen and oxygen atoms in total. The maximum absolute atomic E-state index is 12.7. The lowest BCUT2D eigenvalue weighted by Gasteiger charge is -2.38. The summed E-state index contributed by atoms with van der Waals surface area (Å²) in [5, 5.41) is 0. The van der Waals surface area contributed by atoms with Crippen molar-refractivity contribution in [2.45, 2.75) is 26.8 Å². The van der Waals surface area contributed by atoms with E-state index < -0.39 is 0 Å². The zero-order chi connectivity index (χ0) is 16.4.